The molecule has 12 heavy (non-hydrogen) atoms. The average molecular weight is 186 g/mol. The first-order valence-electron chi connectivity index (χ1n) is 3.23. The molecule has 0 N–H and O–H groups in total. The van der Waals surface area contributed by atoms with Crippen LogP contribution in [0.5, 0.6) is 0 Å². The molecule has 2 nitrogen and oxygen atoms in total. The summed E-state index contributed by atoms with van der Waals surface area (Å²) in [6.07, 6.45) is 1.15. The first kappa shape index (κ1) is 8.93. The van der Waals surface area contributed by atoms with Crippen LogP contribution in [0.25, 0.3) is 6.08 Å². The van der Waals surface area contributed by atoms with Crippen molar-refractivity contribution in [3.8, 4) is 0 Å². The Morgan fingerprint density at radius 2 is 2.50 bits per heavy atom. The maximum absolute atomic E-state index is 12.8. The number of thiophene rings is 1. The second-order valence-corrected chi connectivity index (χ2v) is 2.98. The van der Waals surface area contributed by atoms with Gasteiger partial charge in [0.1, 0.15) is 0 Å². The largest absolute Gasteiger partial charge is 0.464 e. The molecule has 0 saturated carbocycles. The molecule has 1 aromatic rings. The van der Waals surface area contributed by atoms with Gasteiger partial charge in [0.05, 0.1) is 7.11 Å². The molecule has 0 amide bonds. The molecule has 0 aliphatic carbocycles. The number of carbonyl (C=O) groups is 1. The van der Waals surface area contributed by atoms with Crippen LogP contribution < -0.4 is 0 Å². The minimum Gasteiger partial charge on any atom is -0.464 e. The molecule has 1 heterocycles. The van der Waals surface area contributed by atoms with Gasteiger partial charge in [0.25, 0.3) is 0 Å². The molecule has 0 atom stereocenters. The number of methoxy groups -OCH3 is 1. The van der Waals surface area contributed by atoms with Crippen molar-refractivity contribution in [1.82, 2.24) is 0 Å². The van der Waals surface area contributed by atoms with E-state index < -0.39 is 11.8 Å². The molecule has 0 aliphatic heterocycles. The summed E-state index contributed by atoms with van der Waals surface area (Å²) in [7, 11) is 1.14. The number of ether oxygens (including phenoxy) is 1. The third-order valence-corrected chi connectivity index (χ3v) is 2.01. The highest BCUT2D eigenvalue weighted by molar-refractivity contribution is 7.10. The summed E-state index contributed by atoms with van der Waals surface area (Å²) in [5.74, 6) is -1.82. The van der Waals surface area contributed by atoms with Crippen LogP contribution >= 0.6 is 11.3 Å². The van der Waals surface area contributed by atoms with Crippen molar-refractivity contribution in [3.05, 3.63) is 28.2 Å². The molecule has 4 heteroatoms. The molecule has 1 rings (SSSR count). The van der Waals surface area contributed by atoms with Gasteiger partial charge in [-0.15, -0.1) is 11.3 Å². The summed E-state index contributed by atoms with van der Waals surface area (Å²) < 4.78 is 16.9. The molecule has 64 valence electrons. The molecule has 0 radical (unpaired) electrons. The second kappa shape index (κ2) is 4.01. The zero-order valence-electron chi connectivity index (χ0n) is 6.41. The van der Waals surface area contributed by atoms with Crippen LogP contribution in [0, 0.1) is 0 Å². The molecular formula is C8H7FO2S. The normalized spacial score (nSPS) is 11.3. The first-order valence-corrected chi connectivity index (χ1v) is 4.11. The Kier molecular flexibility index (Phi) is 2.99. The highest BCUT2D eigenvalue weighted by Gasteiger charge is 2.07. The SMILES string of the molecule is COC(=O)C(F)=Cc1cccs1. The summed E-state index contributed by atoms with van der Waals surface area (Å²) >= 11 is 1.35. The van der Waals surface area contributed by atoms with E-state index in [4.69, 9.17) is 0 Å². The predicted molar refractivity (Wildman–Crippen MR) is 45.4 cm³/mol. The van der Waals surface area contributed by atoms with Crippen LogP contribution in [0.4, 0.5) is 4.39 Å². The number of carbonyl (C=O) groups excluding carboxylic acids is 1. The van der Waals surface area contributed by atoms with Crippen molar-refractivity contribution in [2.24, 2.45) is 0 Å². The topological polar surface area (TPSA) is 26.3 Å². The summed E-state index contributed by atoms with van der Waals surface area (Å²) in [5, 5.41) is 1.80. The Morgan fingerprint density at radius 1 is 1.75 bits per heavy atom. The van der Waals surface area contributed by atoms with Crippen molar-refractivity contribution < 1.29 is 13.9 Å². The van der Waals surface area contributed by atoms with Crippen LogP contribution in [0.15, 0.2) is 23.3 Å². The van der Waals surface area contributed by atoms with Gasteiger partial charge in [0.15, 0.2) is 0 Å². The Bertz CT molecular complexity index is 290. The maximum atomic E-state index is 12.8. The van der Waals surface area contributed by atoms with Crippen molar-refractivity contribution in [2.75, 3.05) is 7.11 Å². The standard InChI is InChI=1S/C8H7FO2S/c1-11-8(10)7(9)5-6-3-2-4-12-6/h2-5H,1H3. The van der Waals surface area contributed by atoms with E-state index in [1.807, 2.05) is 0 Å². The van der Waals surface area contributed by atoms with Gasteiger partial charge < -0.3 is 4.74 Å². The van der Waals surface area contributed by atoms with Crippen LogP contribution in [0.2, 0.25) is 0 Å². The lowest BCUT2D eigenvalue weighted by Gasteiger charge is -1.92. The Labute approximate surface area is 73.3 Å². The second-order valence-electron chi connectivity index (χ2n) is 2.00. The fourth-order valence-corrected chi connectivity index (χ4v) is 1.30. The summed E-state index contributed by atoms with van der Waals surface area (Å²) in [6.45, 7) is 0. The fraction of sp³-hybridized carbons (Fsp3) is 0.125. The lowest BCUT2D eigenvalue weighted by Crippen LogP contribution is -1.99. The van der Waals surface area contributed by atoms with Gasteiger partial charge in [-0.2, -0.15) is 4.39 Å². The molecule has 0 bridgehead atoms. The first-order chi connectivity index (χ1) is 5.74. The zero-order chi connectivity index (χ0) is 8.97. The molecule has 0 aliphatic rings. The van der Waals surface area contributed by atoms with Crippen LogP contribution in [-0.4, -0.2) is 13.1 Å². The molecule has 0 fully saturated rings. The number of esters is 1. The molecular weight excluding hydrogens is 179 g/mol. The van der Waals surface area contributed by atoms with Gasteiger partial charge in [-0.05, 0) is 17.5 Å². The Balaban J connectivity index is 2.76. The van der Waals surface area contributed by atoms with Crippen LogP contribution in [-0.2, 0) is 9.53 Å². The van der Waals surface area contributed by atoms with E-state index in [9.17, 15) is 9.18 Å². The van der Waals surface area contributed by atoms with Gasteiger partial charge in [-0.25, -0.2) is 4.79 Å². The number of hydrogen-bond acceptors (Lipinski definition) is 3. The van der Waals surface area contributed by atoms with E-state index in [0.29, 0.717) is 4.88 Å². The molecule has 0 unspecified atom stereocenters. The monoisotopic (exact) mass is 186 g/mol. The predicted octanol–water partition coefficient (Wildman–Crippen LogP) is 2.23. The highest BCUT2D eigenvalue weighted by atomic mass is 32.1. The summed E-state index contributed by atoms with van der Waals surface area (Å²) in [4.78, 5) is 11.3. The number of halogens is 1. The molecule has 1 aromatic heterocycles. The number of hydrogen-bond donors (Lipinski definition) is 0. The van der Waals surface area contributed by atoms with Crippen molar-refractivity contribution in [1.29, 1.82) is 0 Å². The van der Waals surface area contributed by atoms with Gasteiger partial charge in [0.2, 0.25) is 5.83 Å². The smallest absolute Gasteiger partial charge is 0.366 e. The lowest BCUT2D eigenvalue weighted by molar-refractivity contribution is -0.137. The van der Waals surface area contributed by atoms with Crippen molar-refractivity contribution in [2.45, 2.75) is 0 Å². The van der Waals surface area contributed by atoms with E-state index >= 15 is 0 Å². The minimum atomic E-state index is -0.941. The van der Waals surface area contributed by atoms with Gasteiger partial charge in [-0.1, -0.05) is 6.07 Å². The molecule has 0 spiro atoms. The third kappa shape index (κ3) is 2.17. The zero-order valence-corrected chi connectivity index (χ0v) is 7.23. The third-order valence-electron chi connectivity index (χ3n) is 1.19. The summed E-state index contributed by atoms with van der Waals surface area (Å²) in [5.41, 5.74) is 0. The van der Waals surface area contributed by atoms with E-state index in [1.165, 1.54) is 11.3 Å². The number of rotatable bonds is 2. The van der Waals surface area contributed by atoms with Crippen LogP contribution in [0.3, 0.4) is 0 Å². The minimum absolute atomic E-state index is 0.693. The van der Waals surface area contributed by atoms with Gasteiger partial charge in [0, 0.05) is 4.88 Å². The molecule has 0 saturated heterocycles. The van der Waals surface area contributed by atoms with E-state index in [2.05, 4.69) is 4.74 Å². The fourth-order valence-electron chi connectivity index (χ4n) is 0.655. The van der Waals surface area contributed by atoms with E-state index in [0.717, 1.165) is 13.2 Å². The Morgan fingerprint density at radius 3 is 3.00 bits per heavy atom. The van der Waals surface area contributed by atoms with Crippen molar-refractivity contribution in [3.63, 3.8) is 0 Å². The highest BCUT2D eigenvalue weighted by Crippen LogP contribution is 2.14. The Hall–Kier alpha value is -1.16. The van der Waals surface area contributed by atoms with Crippen LogP contribution in [0.1, 0.15) is 4.88 Å². The quantitative estimate of drug-likeness (QED) is 0.523. The van der Waals surface area contributed by atoms with Gasteiger partial charge in [-0.3, -0.25) is 0 Å². The molecule has 0 aromatic carbocycles. The lowest BCUT2D eigenvalue weighted by atomic mass is 10.4. The van der Waals surface area contributed by atoms with E-state index in [1.54, 1.807) is 17.5 Å². The summed E-state index contributed by atoms with van der Waals surface area (Å²) in [6, 6.07) is 3.49. The van der Waals surface area contributed by atoms with Gasteiger partial charge >= 0.3 is 5.97 Å². The average Bonchev–Trinajstić information content (AvgIpc) is 2.55. The van der Waals surface area contributed by atoms with Crippen molar-refractivity contribution >= 4 is 23.4 Å². The maximum Gasteiger partial charge on any atom is 0.366 e. The van der Waals surface area contributed by atoms with E-state index in [-0.39, 0.29) is 0 Å².